The summed E-state index contributed by atoms with van der Waals surface area (Å²) in [6.45, 7) is 2.96. The number of benzene rings is 1. The van der Waals surface area contributed by atoms with Crippen molar-refractivity contribution in [3.8, 4) is 34.2 Å². The maximum absolute atomic E-state index is 5.61. The van der Waals surface area contributed by atoms with Gasteiger partial charge in [0.2, 0.25) is 0 Å². The summed E-state index contributed by atoms with van der Waals surface area (Å²) in [4.78, 5) is 10.5. The normalized spacial score (nSPS) is 15.4. The third-order valence-electron chi connectivity index (χ3n) is 8.35. The smallest absolute Gasteiger partial charge is 0.258 e. The number of hydrogen-bond donors (Lipinski definition) is 0. The summed E-state index contributed by atoms with van der Waals surface area (Å²) < 4.78 is 13.6. The highest BCUT2D eigenvalue weighted by Gasteiger charge is 2.35. The van der Waals surface area contributed by atoms with Crippen molar-refractivity contribution in [3.05, 3.63) is 54.2 Å². The molecule has 2 aliphatic rings. The van der Waals surface area contributed by atoms with Gasteiger partial charge < -0.3 is 9.30 Å². The molecular weight excluding hydrogens is 514 g/mol. The van der Waals surface area contributed by atoms with Gasteiger partial charge in [-0.2, -0.15) is 10.2 Å². The summed E-state index contributed by atoms with van der Waals surface area (Å²) in [5, 5.41) is 16.2. The number of nitrogens with zero attached hydrogens (tertiary/aromatic N) is 9. The van der Waals surface area contributed by atoms with Gasteiger partial charge >= 0.3 is 0 Å². The molecule has 208 valence electrons. The van der Waals surface area contributed by atoms with Gasteiger partial charge in [0.15, 0.2) is 5.65 Å². The predicted octanol–water partition coefficient (Wildman–Crippen LogP) is 5.74. The number of methoxy groups -OCH3 is 1. The van der Waals surface area contributed by atoms with Gasteiger partial charge in [-0.05, 0) is 44.2 Å². The number of imidazole rings is 1. The first kappa shape index (κ1) is 24.3. The number of fused-ring (bicyclic) bond motifs is 2. The second kappa shape index (κ2) is 9.02. The first-order chi connectivity index (χ1) is 20.0. The van der Waals surface area contributed by atoms with E-state index in [0.29, 0.717) is 17.7 Å². The van der Waals surface area contributed by atoms with Crippen LogP contribution in [-0.2, 0) is 20.6 Å². The number of aromatic nitrogens is 9. The van der Waals surface area contributed by atoms with E-state index >= 15 is 0 Å². The molecular formula is C31H33N9O. The van der Waals surface area contributed by atoms with Crippen molar-refractivity contribution in [2.75, 3.05) is 7.11 Å². The lowest BCUT2D eigenvalue weighted by Gasteiger charge is -2.10. The Morgan fingerprint density at radius 2 is 1.76 bits per heavy atom. The highest BCUT2D eigenvalue weighted by Crippen LogP contribution is 2.49. The Balaban J connectivity index is 1.30. The van der Waals surface area contributed by atoms with Gasteiger partial charge in [-0.1, -0.05) is 19.1 Å². The fraction of sp³-hybridized carbons (Fsp3) is 0.387. The molecule has 5 heterocycles. The van der Waals surface area contributed by atoms with Gasteiger partial charge in [0.25, 0.3) is 5.88 Å². The molecule has 1 aromatic carbocycles. The van der Waals surface area contributed by atoms with E-state index in [1.54, 1.807) is 7.11 Å². The zero-order valence-corrected chi connectivity index (χ0v) is 23.9. The van der Waals surface area contributed by atoms with Gasteiger partial charge in [0.1, 0.15) is 11.5 Å². The van der Waals surface area contributed by atoms with Crippen molar-refractivity contribution in [2.24, 2.45) is 14.1 Å². The molecule has 6 aromatic rings. The molecule has 0 unspecified atom stereocenters. The quantitative estimate of drug-likeness (QED) is 0.241. The second-order valence-corrected chi connectivity index (χ2v) is 11.5. The van der Waals surface area contributed by atoms with Crippen LogP contribution < -0.4 is 4.74 Å². The van der Waals surface area contributed by atoms with Crippen LogP contribution in [0.15, 0.2) is 42.9 Å². The molecule has 0 spiro atoms. The van der Waals surface area contributed by atoms with Crippen molar-refractivity contribution in [2.45, 2.75) is 57.4 Å². The first-order valence-electron chi connectivity index (χ1n) is 14.5. The summed E-state index contributed by atoms with van der Waals surface area (Å²) in [5.74, 6) is 2.53. The molecule has 0 N–H and O–H groups in total. The van der Waals surface area contributed by atoms with Crippen molar-refractivity contribution in [1.82, 2.24) is 43.9 Å². The highest BCUT2D eigenvalue weighted by atomic mass is 16.5. The number of aryl methyl sites for hydroxylation is 2. The van der Waals surface area contributed by atoms with Gasteiger partial charge in [0, 0.05) is 72.5 Å². The molecule has 0 atom stereocenters. The van der Waals surface area contributed by atoms with Crippen molar-refractivity contribution >= 4 is 21.9 Å². The molecule has 0 amide bonds. The molecule has 0 radical (unpaired) electrons. The van der Waals surface area contributed by atoms with Crippen molar-refractivity contribution in [3.63, 3.8) is 0 Å². The van der Waals surface area contributed by atoms with E-state index < -0.39 is 0 Å². The minimum absolute atomic E-state index is 0.478. The predicted molar refractivity (Wildman–Crippen MR) is 157 cm³/mol. The van der Waals surface area contributed by atoms with Crippen LogP contribution in [-0.4, -0.2) is 51.0 Å². The molecule has 2 saturated carbocycles. The van der Waals surface area contributed by atoms with Crippen LogP contribution in [0.1, 0.15) is 62.3 Å². The Kier molecular flexibility index (Phi) is 5.35. The summed E-state index contributed by atoms with van der Waals surface area (Å²) in [6.07, 6.45) is 11.8. The van der Waals surface area contributed by atoms with Crippen LogP contribution in [0, 0.1) is 0 Å². The molecule has 0 aliphatic heterocycles. The lowest BCUT2D eigenvalue weighted by molar-refractivity contribution is 0.386. The van der Waals surface area contributed by atoms with Crippen LogP contribution in [0.5, 0.6) is 5.88 Å². The zero-order valence-electron chi connectivity index (χ0n) is 23.9. The molecule has 8 rings (SSSR count). The molecule has 0 bridgehead atoms. The standard InChI is InChI=1S/C31H33N9O/c1-5-13-39-17-25(31(36-39)41-4)40-16-23-21(7-6-8-24(23)34-40)27-28(19-11-12-19)38(3)30(33-27)22-14-20-15-37(2)35-29(20)32-26(22)18-9-10-18/h6-8,14-19H,5,9-13H2,1-4H3. The monoisotopic (exact) mass is 547 g/mol. The summed E-state index contributed by atoms with van der Waals surface area (Å²) >= 11 is 0. The summed E-state index contributed by atoms with van der Waals surface area (Å²) in [7, 11) is 5.77. The lowest BCUT2D eigenvalue weighted by atomic mass is 10.0. The van der Waals surface area contributed by atoms with Gasteiger partial charge in [-0.25, -0.2) is 14.6 Å². The molecule has 2 fully saturated rings. The van der Waals surface area contributed by atoms with Crippen LogP contribution >= 0.6 is 0 Å². The number of ether oxygens (including phenoxy) is 1. The number of pyridine rings is 1. The maximum Gasteiger partial charge on any atom is 0.258 e. The Bertz CT molecular complexity index is 1950. The van der Waals surface area contributed by atoms with Crippen molar-refractivity contribution in [1.29, 1.82) is 0 Å². The molecule has 0 saturated heterocycles. The maximum atomic E-state index is 5.61. The van der Waals surface area contributed by atoms with E-state index in [-0.39, 0.29) is 0 Å². The van der Waals surface area contributed by atoms with Crippen LogP contribution in [0.3, 0.4) is 0 Å². The minimum Gasteiger partial charge on any atom is -0.478 e. The van der Waals surface area contributed by atoms with Gasteiger partial charge in [0.05, 0.1) is 30.2 Å². The van der Waals surface area contributed by atoms with Gasteiger partial charge in [-0.15, -0.1) is 5.10 Å². The van der Waals surface area contributed by atoms with Crippen molar-refractivity contribution < 1.29 is 4.74 Å². The fourth-order valence-corrected chi connectivity index (χ4v) is 6.12. The molecule has 10 nitrogen and oxygen atoms in total. The number of hydrogen-bond acceptors (Lipinski definition) is 6. The lowest BCUT2D eigenvalue weighted by Crippen LogP contribution is -2.01. The molecule has 5 aromatic heterocycles. The third-order valence-corrected chi connectivity index (χ3v) is 8.35. The minimum atomic E-state index is 0.478. The Labute approximate surface area is 237 Å². The average molecular weight is 548 g/mol. The zero-order chi connectivity index (χ0) is 27.8. The van der Waals surface area contributed by atoms with Crippen LogP contribution in [0.4, 0.5) is 0 Å². The Morgan fingerprint density at radius 1 is 0.927 bits per heavy atom. The highest BCUT2D eigenvalue weighted by molar-refractivity contribution is 5.95. The van der Waals surface area contributed by atoms with Crippen LogP contribution in [0.2, 0.25) is 0 Å². The fourth-order valence-electron chi connectivity index (χ4n) is 6.12. The summed E-state index contributed by atoms with van der Waals surface area (Å²) in [5.41, 5.74) is 8.24. The SMILES string of the molecule is CCCn1cc(-n2cc3c(-c4nc(-c5cc6cn(C)nc6nc5C5CC5)n(C)c4C4CC4)cccc3n2)c(OC)n1. The largest absolute Gasteiger partial charge is 0.478 e. The molecule has 41 heavy (non-hydrogen) atoms. The van der Waals surface area contributed by atoms with Crippen LogP contribution in [0.25, 0.3) is 50.3 Å². The van der Waals surface area contributed by atoms with Gasteiger partial charge in [-0.3, -0.25) is 9.36 Å². The second-order valence-electron chi connectivity index (χ2n) is 11.5. The van der Waals surface area contributed by atoms with E-state index in [2.05, 4.69) is 59.2 Å². The van der Waals surface area contributed by atoms with E-state index in [4.69, 9.17) is 19.8 Å². The summed E-state index contributed by atoms with van der Waals surface area (Å²) in [6, 6.07) is 8.56. The number of rotatable bonds is 8. The van der Waals surface area contributed by atoms with E-state index in [1.807, 2.05) is 33.5 Å². The first-order valence-corrected chi connectivity index (χ1v) is 14.5. The average Bonchev–Trinajstić information content (AvgIpc) is 3.83. The Morgan fingerprint density at radius 3 is 2.51 bits per heavy atom. The molecule has 10 heteroatoms. The van der Waals surface area contributed by atoms with E-state index in [1.165, 1.54) is 31.4 Å². The molecule has 2 aliphatic carbocycles. The third kappa shape index (κ3) is 3.95. The Hall–Kier alpha value is -4.47. The topological polar surface area (TPSA) is 93.4 Å². The van der Waals surface area contributed by atoms with E-state index in [0.717, 1.165) is 68.9 Å². The van der Waals surface area contributed by atoms with E-state index in [9.17, 15) is 0 Å².